The number of rotatable bonds is 2. The summed E-state index contributed by atoms with van der Waals surface area (Å²) in [5.74, 6) is 0.544. The van der Waals surface area contributed by atoms with Crippen molar-refractivity contribution < 1.29 is 4.79 Å². The topological polar surface area (TPSA) is 81.0 Å². The zero-order valence-electron chi connectivity index (χ0n) is 15.9. The van der Waals surface area contributed by atoms with Crippen LogP contribution in [0.5, 0.6) is 0 Å². The van der Waals surface area contributed by atoms with Crippen LogP contribution in [0, 0.1) is 0 Å². The van der Waals surface area contributed by atoms with Crippen molar-refractivity contribution in [3.8, 4) is 0 Å². The summed E-state index contributed by atoms with van der Waals surface area (Å²) >= 11 is 0. The van der Waals surface area contributed by atoms with Crippen molar-refractivity contribution in [2.45, 2.75) is 18.9 Å². The van der Waals surface area contributed by atoms with Gasteiger partial charge in [0.05, 0.1) is 28.0 Å². The number of benzene rings is 2. The fourth-order valence-electron chi connectivity index (χ4n) is 4.07. The van der Waals surface area contributed by atoms with Crippen molar-refractivity contribution in [3.05, 3.63) is 76.6 Å². The molecule has 1 amide bonds. The van der Waals surface area contributed by atoms with Crippen LogP contribution >= 0.6 is 0 Å². The Hall–Kier alpha value is -3.61. The highest BCUT2D eigenvalue weighted by Gasteiger charge is 2.33. The van der Waals surface area contributed by atoms with Crippen molar-refractivity contribution in [2.75, 3.05) is 6.54 Å². The smallest absolute Gasteiger partial charge is 0.261 e. The molecule has 3 heterocycles. The summed E-state index contributed by atoms with van der Waals surface area (Å²) in [6.07, 6.45) is 4.89. The van der Waals surface area contributed by atoms with E-state index in [1.54, 1.807) is 42.2 Å². The van der Waals surface area contributed by atoms with Gasteiger partial charge in [-0.05, 0) is 43.2 Å². The summed E-state index contributed by atoms with van der Waals surface area (Å²) in [6, 6.07) is 12.4. The lowest BCUT2D eigenvalue weighted by atomic mass is 10.1. The van der Waals surface area contributed by atoms with Gasteiger partial charge < -0.3 is 4.90 Å². The maximum atomic E-state index is 13.3. The predicted octanol–water partition coefficient (Wildman–Crippen LogP) is 2.85. The third-order valence-electron chi connectivity index (χ3n) is 5.55. The average molecular weight is 385 g/mol. The van der Waals surface area contributed by atoms with Gasteiger partial charge in [-0.25, -0.2) is 4.98 Å². The van der Waals surface area contributed by atoms with E-state index in [9.17, 15) is 9.59 Å². The average Bonchev–Trinajstić information content (AvgIpc) is 3.25. The standard InChI is InChI=1S/C22H19N5O2/c1-26-20(25-16-6-3-2-5-15(16)22(26)29)19-7-4-12-27(19)21(28)14-8-9-17-18(13-14)24-11-10-23-17/h2-3,5-6,8-11,13,19H,4,7,12H2,1H3. The molecule has 144 valence electrons. The van der Waals surface area contributed by atoms with E-state index < -0.39 is 0 Å². The van der Waals surface area contributed by atoms with Gasteiger partial charge in [0.2, 0.25) is 0 Å². The van der Waals surface area contributed by atoms with Crippen LogP contribution in [-0.4, -0.2) is 36.9 Å². The molecule has 2 aromatic heterocycles. The van der Waals surface area contributed by atoms with Gasteiger partial charge in [0, 0.05) is 31.5 Å². The summed E-state index contributed by atoms with van der Waals surface area (Å²) in [5.41, 5.74) is 2.57. The van der Waals surface area contributed by atoms with Crippen molar-refractivity contribution in [1.29, 1.82) is 0 Å². The summed E-state index contributed by atoms with van der Waals surface area (Å²) in [7, 11) is 1.73. The van der Waals surface area contributed by atoms with E-state index in [1.807, 2.05) is 29.2 Å². The van der Waals surface area contributed by atoms with Crippen LogP contribution in [0.25, 0.3) is 21.9 Å². The number of nitrogens with zero attached hydrogens (tertiary/aromatic N) is 5. The van der Waals surface area contributed by atoms with Gasteiger partial charge in [0.15, 0.2) is 0 Å². The van der Waals surface area contributed by atoms with Gasteiger partial charge in [0.25, 0.3) is 11.5 Å². The molecular weight excluding hydrogens is 366 g/mol. The predicted molar refractivity (Wildman–Crippen MR) is 110 cm³/mol. The first-order valence-electron chi connectivity index (χ1n) is 9.61. The molecule has 1 fully saturated rings. The summed E-state index contributed by atoms with van der Waals surface area (Å²) in [6.45, 7) is 0.630. The molecule has 0 bridgehead atoms. The minimum absolute atomic E-state index is 0.0811. The van der Waals surface area contributed by atoms with Crippen LogP contribution in [0.4, 0.5) is 0 Å². The number of para-hydroxylation sites is 1. The molecule has 2 aromatic carbocycles. The zero-order chi connectivity index (χ0) is 20.0. The van der Waals surface area contributed by atoms with E-state index in [0.29, 0.717) is 34.4 Å². The molecule has 0 radical (unpaired) electrons. The lowest BCUT2D eigenvalue weighted by Crippen LogP contribution is -2.34. The molecule has 29 heavy (non-hydrogen) atoms. The van der Waals surface area contributed by atoms with Gasteiger partial charge in [-0.15, -0.1) is 0 Å². The van der Waals surface area contributed by atoms with Crippen molar-refractivity contribution in [3.63, 3.8) is 0 Å². The number of hydrogen-bond acceptors (Lipinski definition) is 5. The highest BCUT2D eigenvalue weighted by molar-refractivity contribution is 5.97. The van der Waals surface area contributed by atoms with Crippen LogP contribution in [0.15, 0.2) is 59.7 Å². The van der Waals surface area contributed by atoms with Crippen LogP contribution in [0.1, 0.15) is 35.1 Å². The van der Waals surface area contributed by atoms with E-state index in [-0.39, 0.29) is 17.5 Å². The van der Waals surface area contributed by atoms with Gasteiger partial charge in [-0.2, -0.15) is 0 Å². The van der Waals surface area contributed by atoms with Gasteiger partial charge >= 0.3 is 0 Å². The Labute approximate surface area is 166 Å². The Bertz CT molecular complexity index is 1310. The van der Waals surface area contributed by atoms with E-state index in [2.05, 4.69) is 9.97 Å². The Kier molecular flexibility index (Phi) is 4.08. The third kappa shape index (κ3) is 2.86. The molecule has 0 saturated carbocycles. The molecule has 0 aliphatic carbocycles. The second kappa shape index (κ2) is 6.77. The number of amides is 1. The normalized spacial score (nSPS) is 16.6. The number of hydrogen-bond donors (Lipinski definition) is 0. The van der Waals surface area contributed by atoms with Crippen LogP contribution < -0.4 is 5.56 Å². The Morgan fingerprint density at radius 3 is 2.69 bits per heavy atom. The molecule has 0 spiro atoms. The summed E-state index contributed by atoms with van der Waals surface area (Å²) < 4.78 is 1.57. The lowest BCUT2D eigenvalue weighted by molar-refractivity contribution is 0.0727. The first-order valence-corrected chi connectivity index (χ1v) is 9.61. The minimum atomic E-state index is -0.234. The fraction of sp³-hybridized carbons (Fsp3) is 0.227. The number of aromatic nitrogens is 4. The van der Waals surface area contributed by atoms with Crippen molar-refractivity contribution >= 4 is 27.8 Å². The van der Waals surface area contributed by atoms with Crippen LogP contribution in [0.3, 0.4) is 0 Å². The molecule has 4 aromatic rings. The van der Waals surface area contributed by atoms with Crippen molar-refractivity contribution in [1.82, 2.24) is 24.4 Å². The van der Waals surface area contributed by atoms with Gasteiger partial charge in [-0.3, -0.25) is 24.1 Å². The Balaban J connectivity index is 1.56. The molecule has 1 unspecified atom stereocenters. The Morgan fingerprint density at radius 1 is 1.03 bits per heavy atom. The maximum absolute atomic E-state index is 13.3. The summed E-state index contributed by atoms with van der Waals surface area (Å²) in [4.78, 5) is 41.2. The highest BCUT2D eigenvalue weighted by atomic mass is 16.2. The maximum Gasteiger partial charge on any atom is 0.261 e. The molecule has 1 aliphatic heterocycles. The molecule has 5 rings (SSSR count). The quantitative estimate of drug-likeness (QED) is 0.530. The SMILES string of the molecule is Cn1c(C2CCCN2C(=O)c2ccc3nccnc3c2)nc2ccccc2c1=O. The molecule has 1 saturated heterocycles. The van der Waals surface area contributed by atoms with E-state index in [1.165, 1.54) is 0 Å². The third-order valence-corrected chi connectivity index (χ3v) is 5.55. The molecule has 7 heteroatoms. The largest absolute Gasteiger partial charge is 0.328 e. The first kappa shape index (κ1) is 17.5. The van der Waals surface area contributed by atoms with Crippen molar-refractivity contribution in [2.24, 2.45) is 7.05 Å². The van der Waals surface area contributed by atoms with E-state index in [0.717, 1.165) is 18.4 Å². The lowest BCUT2D eigenvalue weighted by Gasteiger charge is -2.26. The van der Waals surface area contributed by atoms with Crippen LogP contribution in [0.2, 0.25) is 0 Å². The zero-order valence-corrected chi connectivity index (χ0v) is 15.9. The molecular formula is C22H19N5O2. The minimum Gasteiger partial charge on any atom is -0.328 e. The van der Waals surface area contributed by atoms with Crippen LogP contribution in [-0.2, 0) is 7.05 Å². The second-order valence-corrected chi connectivity index (χ2v) is 7.27. The number of likely N-dealkylation sites (tertiary alicyclic amines) is 1. The monoisotopic (exact) mass is 385 g/mol. The van der Waals surface area contributed by atoms with Gasteiger partial charge in [0.1, 0.15) is 5.82 Å². The number of fused-ring (bicyclic) bond motifs is 2. The Morgan fingerprint density at radius 2 is 1.83 bits per heavy atom. The number of carbonyl (C=O) groups is 1. The molecule has 0 N–H and O–H groups in total. The highest BCUT2D eigenvalue weighted by Crippen LogP contribution is 2.32. The van der Waals surface area contributed by atoms with Gasteiger partial charge in [-0.1, -0.05) is 12.1 Å². The van der Waals surface area contributed by atoms with E-state index >= 15 is 0 Å². The summed E-state index contributed by atoms with van der Waals surface area (Å²) in [5, 5.41) is 0.586. The van der Waals surface area contributed by atoms with E-state index in [4.69, 9.17) is 4.98 Å². The molecule has 1 atom stereocenters. The molecule has 1 aliphatic rings. The second-order valence-electron chi connectivity index (χ2n) is 7.27. The first-order chi connectivity index (χ1) is 14.1. The molecule has 7 nitrogen and oxygen atoms in total. The fourth-order valence-corrected chi connectivity index (χ4v) is 4.07. The number of carbonyl (C=O) groups excluding carboxylic acids is 1.